The molecule has 1 aliphatic carbocycles. The normalized spacial score (nSPS) is 39.1. The smallest absolute Gasteiger partial charge is 0.312 e. The maximum atomic E-state index is 11.4. The third-order valence-corrected chi connectivity index (χ3v) is 3.49. The summed E-state index contributed by atoms with van der Waals surface area (Å²) in [4.78, 5) is 11.4. The van der Waals surface area contributed by atoms with E-state index < -0.39 is 0 Å². The monoisotopic (exact) mass is 248 g/mol. The van der Waals surface area contributed by atoms with E-state index in [1.807, 2.05) is 0 Å². The van der Waals surface area contributed by atoms with Crippen molar-refractivity contribution in [3.05, 3.63) is 0 Å². The minimum absolute atomic E-state index is 0.00875. The van der Waals surface area contributed by atoms with Crippen LogP contribution in [0.1, 0.15) is 12.8 Å². The largest absolute Gasteiger partial charge is 0.469 e. The van der Waals surface area contributed by atoms with Crippen molar-refractivity contribution >= 4 is 21.9 Å². The number of esters is 1. The van der Waals surface area contributed by atoms with Gasteiger partial charge >= 0.3 is 5.97 Å². The maximum Gasteiger partial charge on any atom is 0.312 e. The Morgan fingerprint density at radius 3 is 2.69 bits per heavy atom. The summed E-state index contributed by atoms with van der Waals surface area (Å²) in [6.07, 6.45) is 2.43. The van der Waals surface area contributed by atoms with E-state index in [0.717, 1.165) is 0 Å². The van der Waals surface area contributed by atoms with Crippen molar-refractivity contribution in [1.29, 1.82) is 0 Å². The van der Waals surface area contributed by atoms with E-state index in [2.05, 4.69) is 26.8 Å². The number of hydrogen-bond donors (Lipinski definition) is 2. The molecule has 4 nitrogen and oxygen atoms in total. The van der Waals surface area contributed by atoms with E-state index in [0.29, 0.717) is 5.92 Å². The Hall–Kier alpha value is -0.130. The van der Waals surface area contributed by atoms with E-state index in [4.69, 9.17) is 4.74 Å². The molecule has 2 rings (SSSR count). The van der Waals surface area contributed by atoms with E-state index in [9.17, 15) is 4.79 Å². The van der Waals surface area contributed by atoms with Crippen molar-refractivity contribution in [3.8, 4) is 0 Å². The van der Waals surface area contributed by atoms with Crippen LogP contribution in [0.2, 0.25) is 0 Å². The molecule has 0 bridgehead atoms. The molecule has 1 saturated heterocycles. The molecule has 5 heteroatoms. The highest BCUT2D eigenvalue weighted by Crippen LogP contribution is 2.39. The fourth-order valence-corrected chi connectivity index (χ4v) is 2.48. The van der Waals surface area contributed by atoms with Crippen LogP contribution in [0.15, 0.2) is 0 Å². The molecular formula is C8H13BrN2O2. The fourth-order valence-electron chi connectivity index (χ4n) is 1.81. The lowest BCUT2D eigenvalue weighted by Crippen LogP contribution is -2.36. The molecule has 2 aliphatic rings. The van der Waals surface area contributed by atoms with E-state index in [-0.39, 0.29) is 22.9 Å². The summed E-state index contributed by atoms with van der Waals surface area (Å²) in [7, 11) is 1.43. The molecule has 0 aromatic heterocycles. The second-order valence-electron chi connectivity index (χ2n) is 3.60. The minimum Gasteiger partial charge on any atom is -0.469 e. The predicted octanol–water partition coefficient (Wildman–Crippen LogP) is 0.383. The second kappa shape index (κ2) is 3.55. The first-order valence-electron chi connectivity index (χ1n) is 4.47. The summed E-state index contributed by atoms with van der Waals surface area (Å²) in [5.74, 6) is 0.396. The lowest BCUT2D eigenvalue weighted by Gasteiger charge is -2.16. The van der Waals surface area contributed by atoms with Crippen molar-refractivity contribution in [1.82, 2.24) is 10.9 Å². The third kappa shape index (κ3) is 1.73. The first kappa shape index (κ1) is 9.43. The third-order valence-electron chi connectivity index (χ3n) is 2.69. The Labute approximate surface area is 85.5 Å². The van der Waals surface area contributed by atoms with Gasteiger partial charge in [0.25, 0.3) is 0 Å². The molecule has 0 spiro atoms. The van der Waals surface area contributed by atoms with Crippen molar-refractivity contribution < 1.29 is 9.53 Å². The number of methoxy groups -OCH3 is 1. The van der Waals surface area contributed by atoms with Gasteiger partial charge < -0.3 is 4.74 Å². The molecule has 1 heterocycles. The molecule has 2 fully saturated rings. The number of rotatable bonds is 2. The Kier molecular flexibility index (Phi) is 2.58. The molecular weight excluding hydrogens is 236 g/mol. The van der Waals surface area contributed by atoms with Crippen LogP contribution in [0.25, 0.3) is 0 Å². The summed E-state index contributed by atoms with van der Waals surface area (Å²) >= 11 is 3.41. The van der Waals surface area contributed by atoms with E-state index in [1.54, 1.807) is 0 Å². The average Bonchev–Trinajstić information content (AvgIpc) is 2.89. The zero-order valence-corrected chi connectivity index (χ0v) is 9.00. The number of halogens is 1. The molecule has 0 aromatic carbocycles. The predicted molar refractivity (Wildman–Crippen MR) is 51.0 cm³/mol. The molecule has 0 radical (unpaired) electrons. The number of alkyl halides is 1. The van der Waals surface area contributed by atoms with Gasteiger partial charge in [-0.05, 0) is 18.8 Å². The lowest BCUT2D eigenvalue weighted by molar-refractivity contribution is -0.145. The summed E-state index contributed by atoms with van der Waals surface area (Å²) in [5.41, 5.74) is 6.16. The number of carbonyl (C=O) groups excluding carboxylic acids is 1. The number of hydrazine groups is 1. The number of nitrogens with one attached hydrogen (secondary N) is 2. The highest BCUT2D eigenvalue weighted by atomic mass is 79.9. The Morgan fingerprint density at radius 1 is 1.46 bits per heavy atom. The van der Waals surface area contributed by atoms with E-state index >= 15 is 0 Å². The molecule has 2 N–H and O–H groups in total. The van der Waals surface area contributed by atoms with Crippen LogP contribution in [0, 0.1) is 11.8 Å². The summed E-state index contributed by atoms with van der Waals surface area (Å²) in [5, 5.41) is 0. The first-order valence-corrected chi connectivity index (χ1v) is 5.38. The Balaban J connectivity index is 2.06. The molecule has 3 unspecified atom stereocenters. The average molecular weight is 249 g/mol. The van der Waals surface area contributed by atoms with Gasteiger partial charge in [-0.2, -0.15) is 0 Å². The summed E-state index contributed by atoms with van der Waals surface area (Å²) < 4.78 is 4.76. The minimum atomic E-state index is -0.142. The molecule has 0 amide bonds. The topological polar surface area (TPSA) is 50.4 Å². The molecule has 1 aliphatic heterocycles. The first-order chi connectivity index (χ1) is 6.24. The Morgan fingerprint density at radius 2 is 2.15 bits per heavy atom. The standard InChI is InChI=1S/C8H13BrN2O2/c1-13-8(12)5-6(4-2-3-4)10-11-7(5)9/h4-7,10-11H,2-3H2,1H3. The van der Waals surface area contributed by atoms with Crippen molar-refractivity contribution in [2.45, 2.75) is 23.8 Å². The summed E-state index contributed by atoms with van der Waals surface area (Å²) in [6.45, 7) is 0. The highest BCUT2D eigenvalue weighted by Gasteiger charge is 2.47. The zero-order valence-electron chi connectivity index (χ0n) is 7.42. The fraction of sp³-hybridized carbons (Fsp3) is 0.875. The zero-order chi connectivity index (χ0) is 9.42. The van der Waals surface area contributed by atoms with Crippen LogP contribution < -0.4 is 10.9 Å². The van der Waals surface area contributed by atoms with Crippen LogP contribution in [-0.2, 0) is 9.53 Å². The van der Waals surface area contributed by atoms with Gasteiger partial charge in [0, 0.05) is 6.04 Å². The summed E-state index contributed by atoms with van der Waals surface area (Å²) in [6, 6.07) is 0.233. The SMILES string of the molecule is COC(=O)C1C(Br)NNC1C1CC1. The van der Waals surface area contributed by atoms with Crippen molar-refractivity contribution in [3.63, 3.8) is 0 Å². The van der Waals surface area contributed by atoms with Gasteiger partial charge in [-0.25, -0.2) is 5.43 Å². The molecule has 3 atom stereocenters. The van der Waals surface area contributed by atoms with Crippen molar-refractivity contribution in [2.75, 3.05) is 7.11 Å². The molecule has 13 heavy (non-hydrogen) atoms. The molecule has 1 saturated carbocycles. The molecule has 74 valence electrons. The second-order valence-corrected chi connectivity index (χ2v) is 4.59. The van der Waals surface area contributed by atoms with Gasteiger partial charge in [0.15, 0.2) is 0 Å². The van der Waals surface area contributed by atoms with Crippen LogP contribution in [-0.4, -0.2) is 24.1 Å². The van der Waals surface area contributed by atoms with Crippen LogP contribution >= 0.6 is 15.9 Å². The molecule has 0 aromatic rings. The quantitative estimate of drug-likeness (QED) is 0.422. The van der Waals surface area contributed by atoms with Crippen LogP contribution in [0.3, 0.4) is 0 Å². The van der Waals surface area contributed by atoms with Gasteiger partial charge in [-0.3, -0.25) is 10.2 Å². The van der Waals surface area contributed by atoms with Gasteiger partial charge in [0.1, 0.15) is 5.92 Å². The van der Waals surface area contributed by atoms with Gasteiger partial charge in [0.05, 0.1) is 12.1 Å². The maximum absolute atomic E-state index is 11.4. The van der Waals surface area contributed by atoms with Gasteiger partial charge in [-0.1, -0.05) is 15.9 Å². The Bertz CT molecular complexity index is 220. The van der Waals surface area contributed by atoms with Gasteiger partial charge in [-0.15, -0.1) is 0 Å². The number of carbonyl (C=O) groups is 1. The van der Waals surface area contributed by atoms with Crippen LogP contribution in [0.4, 0.5) is 0 Å². The van der Waals surface area contributed by atoms with Crippen LogP contribution in [0.5, 0.6) is 0 Å². The van der Waals surface area contributed by atoms with Crippen molar-refractivity contribution in [2.24, 2.45) is 11.8 Å². The van der Waals surface area contributed by atoms with Gasteiger partial charge in [0.2, 0.25) is 0 Å². The van der Waals surface area contributed by atoms with E-state index in [1.165, 1.54) is 20.0 Å². The lowest BCUT2D eigenvalue weighted by atomic mass is 9.98. The number of hydrogen-bond acceptors (Lipinski definition) is 4. The highest BCUT2D eigenvalue weighted by molar-refractivity contribution is 9.09. The number of ether oxygens (including phenoxy) is 1.